The van der Waals surface area contributed by atoms with Crippen LogP contribution in [0.4, 0.5) is 4.79 Å². The Morgan fingerprint density at radius 2 is 2.11 bits per heavy atom. The summed E-state index contributed by atoms with van der Waals surface area (Å²) in [5, 5.41) is 19.9. The van der Waals surface area contributed by atoms with E-state index in [9.17, 15) is 9.59 Å². The highest BCUT2D eigenvalue weighted by atomic mass is 32.2. The zero-order valence-electron chi connectivity index (χ0n) is 10.7. The lowest BCUT2D eigenvalue weighted by molar-refractivity contribution is -0.140. The molecule has 0 aromatic heterocycles. The largest absolute Gasteiger partial charge is 0.480 e. The van der Waals surface area contributed by atoms with Crippen molar-refractivity contribution in [1.29, 1.82) is 0 Å². The molecule has 1 aliphatic rings. The molecule has 0 radical (unpaired) electrons. The summed E-state index contributed by atoms with van der Waals surface area (Å²) >= 11 is 1.81. The fourth-order valence-electron chi connectivity index (χ4n) is 1.65. The maximum absolute atomic E-state index is 11.9. The smallest absolute Gasteiger partial charge is 0.328 e. The highest BCUT2D eigenvalue weighted by molar-refractivity contribution is 8.00. The summed E-state index contributed by atoms with van der Waals surface area (Å²) in [5.74, 6) is -0.396. The third kappa shape index (κ3) is 4.38. The van der Waals surface area contributed by atoms with Crippen LogP contribution in [0.3, 0.4) is 0 Å². The first-order valence-corrected chi connectivity index (χ1v) is 6.87. The van der Waals surface area contributed by atoms with Crippen molar-refractivity contribution in [2.75, 3.05) is 25.4 Å². The summed E-state index contributed by atoms with van der Waals surface area (Å²) < 4.78 is 0.137. The van der Waals surface area contributed by atoms with Crippen LogP contribution in [0.2, 0.25) is 0 Å². The van der Waals surface area contributed by atoms with Crippen LogP contribution in [0, 0.1) is 0 Å². The molecule has 0 saturated carbocycles. The van der Waals surface area contributed by atoms with Gasteiger partial charge in [0.05, 0.1) is 6.61 Å². The number of rotatable bonds is 3. The molecule has 2 amide bonds. The van der Waals surface area contributed by atoms with Crippen LogP contribution in [0.25, 0.3) is 0 Å². The summed E-state index contributed by atoms with van der Waals surface area (Å²) in [7, 11) is 0. The van der Waals surface area contributed by atoms with Crippen LogP contribution in [0.5, 0.6) is 0 Å². The van der Waals surface area contributed by atoms with Crippen LogP contribution in [-0.4, -0.2) is 63.4 Å². The molecule has 1 fully saturated rings. The number of amides is 2. The van der Waals surface area contributed by atoms with E-state index in [1.54, 1.807) is 16.7 Å². The second-order valence-electron chi connectivity index (χ2n) is 4.87. The van der Waals surface area contributed by atoms with Gasteiger partial charge in [-0.3, -0.25) is 0 Å². The maximum Gasteiger partial charge on any atom is 0.328 e. The summed E-state index contributed by atoms with van der Waals surface area (Å²) in [6.45, 7) is 4.86. The van der Waals surface area contributed by atoms with E-state index in [1.807, 2.05) is 0 Å². The fourth-order valence-corrected chi connectivity index (χ4v) is 2.75. The molecule has 1 rings (SSSR count). The minimum atomic E-state index is -1.23. The van der Waals surface area contributed by atoms with E-state index in [0.717, 1.165) is 12.2 Å². The zero-order valence-corrected chi connectivity index (χ0v) is 11.5. The summed E-state index contributed by atoms with van der Waals surface area (Å²) in [6, 6.07) is -1.66. The van der Waals surface area contributed by atoms with Crippen LogP contribution in [-0.2, 0) is 4.79 Å². The molecular formula is C11H20N2O4S. The van der Waals surface area contributed by atoms with Crippen molar-refractivity contribution < 1.29 is 19.8 Å². The van der Waals surface area contributed by atoms with E-state index in [1.165, 1.54) is 0 Å². The number of aliphatic hydroxyl groups is 1. The molecule has 1 heterocycles. The number of urea groups is 1. The van der Waals surface area contributed by atoms with Gasteiger partial charge in [0, 0.05) is 23.6 Å². The standard InChI is InChI=1S/C11H20N2O4S/c1-11(2)3-4-13(5-6-18-11)10(17)12-8(7-14)9(15)16/h8,14H,3-7H2,1-2H3,(H,12,17)(H,15,16). The molecule has 1 atom stereocenters. The number of aliphatic hydroxyl groups excluding tert-OH is 1. The highest BCUT2D eigenvalue weighted by Crippen LogP contribution is 2.30. The number of carbonyl (C=O) groups is 2. The Kier molecular flexibility index (Phi) is 5.28. The summed E-state index contributed by atoms with van der Waals surface area (Å²) in [4.78, 5) is 24.2. The minimum Gasteiger partial charge on any atom is -0.480 e. The predicted octanol–water partition coefficient (Wildman–Crippen LogP) is 0.359. The van der Waals surface area contributed by atoms with Crippen molar-refractivity contribution in [2.45, 2.75) is 31.1 Å². The Bertz CT molecular complexity index is 322. The Hall–Kier alpha value is -0.950. The van der Waals surface area contributed by atoms with Gasteiger partial charge in [-0.05, 0) is 6.42 Å². The number of carboxylic acids is 1. The third-order valence-corrected chi connectivity index (χ3v) is 4.28. The Morgan fingerprint density at radius 1 is 1.44 bits per heavy atom. The van der Waals surface area contributed by atoms with Gasteiger partial charge in [0.25, 0.3) is 0 Å². The lowest BCUT2D eigenvalue weighted by atomic mass is 10.1. The van der Waals surface area contributed by atoms with E-state index in [4.69, 9.17) is 10.2 Å². The number of aliphatic carboxylic acids is 1. The molecule has 3 N–H and O–H groups in total. The molecule has 1 aliphatic heterocycles. The topological polar surface area (TPSA) is 89.9 Å². The number of carbonyl (C=O) groups excluding carboxylic acids is 1. The average molecular weight is 276 g/mol. The zero-order chi connectivity index (χ0) is 13.8. The van der Waals surface area contributed by atoms with E-state index in [2.05, 4.69) is 19.2 Å². The molecule has 0 bridgehead atoms. The maximum atomic E-state index is 11.9. The summed E-state index contributed by atoms with van der Waals surface area (Å²) in [5.41, 5.74) is 0. The number of thioether (sulfide) groups is 1. The quantitative estimate of drug-likeness (QED) is 0.692. The van der Waals surface area contributed by atoms with Crippen LogP contribution < -0.4 is 5.32 Å². The number of nitrogens with zero attached hydrogens (tertiary/aromatic N) is 1. The average Bonchev–Trinajstić information content (AvgIpc) is 2.46. The van der Waals surface area contributed by atoms with Crippen LogP contribution in [0.1, 0.15) is 20.3 Å². The normalized spacial score (nSPS) is 20.9. The number of carboxylic acid groups (broad SMARTS) is 1. The summed E-state index contributed by atoms with van der Waals surface area (Å²) in [6.07, 6.45) is 0.863. The van der Waals surface area contributed by atoms with Crippen LogP contribution in [0.15, 0.2) is 0 Å². The van der Waals surface area contributed by atoms with Gasteiger partial charge in [0.1, 0.15) is 0 Å². The lowest BCUT2D eigenvalue weighted by Crippen LogP contribution is -2.50. The number of hydrogen-bond donors (Lipinski definition) is 3. The molecule has 0 aliphatic carbocycles. The van der Waals surface area contributed by atoms with Crippen molar-refractivity contribution in [3.05, 3.63) is 0 Å². The van der Waals surface area contributed by atoms with Gasteiger partial charge in [0.15, 0.2) is 6.04 Å². The molecule has 6 nitrogen and oxygen atoms in total. The SMILES string of the molecule is CC1(C)CCN(C(=O)NC(CO)C(=O)O)CCS1. The van der Waals surface area contributed by atoms with E-state index >= 15 is 0 Å². The fraction of sp³-hybridized carbons (Fsp3) is 0.818. The highest BCUT2D eigenvalue weighted by Gasteiger charge is 2.28. The third-order valence-electron chi connectivity index (χ3n) is 2.90. The van der Waals surface area contributed by atoms with Crippen molar-refractivity contribution >= 4 is 23.8 Å². The molecule has 0 aromatic carbocycles. The molecule has 0 aromatic rings. The Labute approximate surface area is 111 Å². The molecule has 0 spiro atoms. The first-order valence-electron chi connectivity index (χ1n) is 5.89. The molecule has 18 heavy (non-hydrogen) atoms. The first-order chi connectivity index (χ1) is 8.35. The molecule has 104 valence electrons. The van der Waals surface area contributed by atoms with Gasteiger partial charge < -0.3 is 20.4 Å². The van der Waals surface area contributed by atoms with Crippen molar-refractivity contribution in [2.24, 2.45) is 0 Å². The van der Waals surface area contributed by atoms with Gasteiger partial charge in [0.2, 0.25) is 0 Å². The van der Waals surface area contributed by atoms with Crippen molar-refractivity contribution in [3.8, 4) is 0 Å². The Morgan fingerprint density at radius 3 is 2.67 bits per heavy atom. The number of hydrogen-bond acceptors (Lipinski definition) is 4. The van der Waals surface area contributed by atoms with Gasteiger partial charge >= 0.3 is 12.0 Å². The van der Waals surface area contributed by atoms with Gasteiger partial charge in [-0.15, -0.1) is 0 Å². The lowest BCUT2D eigenvalue weighted by Gasteiger charge is -2.24. The molecule has 1 unspecified atom stereocenters. The van der Waals surface area contributed by atoms with Gasteiger partial charge in [-0.25, -0.2) is 9.59 Å². The van der Waals surface area contributed by atoms with Gasteiger partial charge in [-0.1, -0.05) is 13.8 Å². The van der Waals surface area contributed by atoms with Crippen molar-refractivity contribution in [1.82, 2.24) is 10.2 Å². The predicted molar refractivity (Wildman–Crippen MR) is 69.8 cm³/mol. The second kappa shape index (κ2) is 6.29. The van der Waals surface area contributed by atoms with E-state index in [-0.39, 0.29) is 4.75 Å². The monoisotopic (exact) mass is 276 g/mol. The minimum absolute atomic E-state index is 0.137. The van der Waals surface area contributed by atoms with Crippen LogP contribution >= 0.6 is 11.8 Å². The van der Waals surface area contributed by atoms with E-state index < -0.39 is 24.6 Å². The first kappa shape index (κ1) is 15.1. The van der Waals surface area contributed by atoms with E-state index in [0.29, 0.717) is 13.1 Å². The second-order valence-corrected chi connectivity index (χ2v) is 6.67. The molecular weight excluding hydrogens is 256 g/mol. The van der Waals surface area contributed by atoms with Gasteiger partial charge in [-0.2, -0.15) is 11.8 Å². The number of nitrogens with one attached hydrogen (secondary N) is 1. The molecule has 1 saturated heterocycles. The Balaban J connectivity index is 2.54. The molecule has 7 heteroatoms. The van der Waals surface area contributed by atoms with Crippen molar-refractivity contribution in [3.63, 3.8) is 0 Å².